The van der Waals surface area contributed by atoms with Crippen LogP contribution in [0.2, 0.25) is 0 Å². The number of hydrogen-bond acceptors (Lipinski definition) is 5. The molecular weight excluding hydrogens is 272 g/mol. The first kappa shape index (κ1) is 15.1. The van der Waals surface area contributed by atoms with Crippen LogP contribution in [0.1, 0.15) is 55.1 Å². The predicted octanol–water partition coefficient (Wildman–Crippen LogP) is 2.64. The summed E-state index contributed by atoms with van der Waals surface area (Å²) in [5, 5.41) is 3.80. The second kappa shape index (κ2) is 7.47. The Bertz CT molecular complexity index is 438. The maximum absolute atomic E-state index is 12.1. The zero-order valence-electron chi connectivity index (χ0n) is 12.2. The highest BCUT2D eigenvalue weighted by atomic mass is 32.1. The van der Waals surface area contributed by atoms with Gasteiger partial charge in [-0.1, -0.05) is 37.5 Å². The van der Waals surface area contributed by atoms with Crippen LogP contribution in [0.3, 0.4) is 0 Å². The zero-order valence-corrected chi connectivity index (χ0v) is 13.0. The average molecular weight is 296 g/mol. The maximum Gasteiger partial charge on any atom is 0.265 e. The maximum atomic E-state index is 12.1. The van der Waals surface area contributed by atoms with E-state index in [1.165, 1.54) is 37.0 Å². The van der Waals surface area contributed by atoms with Gasteiger partial charge in [0, 0.05) is 19.6 Å². The van der Waals surface area contributed by atoms with Gasteiger partial charge in [-0.25, -0.2) is 4.98 Å². The van der Waals surface area contributed by atoms with E-state index in [0.29, 0.717) is 17.2 Å². The van der Waals surface area contributed by atoms with Gasteiger partial charge in [-0.3, -0.25) is 4.79 Å². The molecule has 2 rings (SSSR count). The van der Waals surface area contributed by atoms with Crippen LogP contribution in [-0.4, -0.2) is 30.5 Å². The number of carbonyl (C=O) groups is 1. The Hall–Kier alpha value is -1.30. The first-order valence-electron chi connectivity index (χ1n) is 7.51. The fourth-order valence-corrected chi connectivity index (χ4v) is 3.29. The highest BCUT2D eigenvalue weighted by molar-refractivity contribution is 7.18. The van der Waals surface area contributed by atoms with Gasteiger partial charge in [-0.2, -0.15) is 0 Å². The van der Waals surface area contributed by atoms with Gasteiger partial charge >= 0.3 is 0 Å². The SMILES string of the molecule is CCCCNC(=O)c1sc(N2CCCCCC2)nc1N. The van der Waals surface area contributed by atoms with Crippen LogP contribution in [0.25, 0.3) is 0 Å². The summed E-state index contributed by atoms with van der Waals surface area (Å²) in [5.41, 5.74) is 5.90. The number of amides is 1. The molecule has 20 heavy (non-hydrogen) atoms. The molecule has 5 nitrogen and oxygen atoms in total. The minimum Gasteiger partial charge on any atom is -0.382 e. The molecule has 2 heterocycles. The van der Waals surface area contributed by atoms with Gasteiger partial charge in [-0.15, -0.1) is 0 Å². The fourth-order valence-electron chi connectivity index (χ4n) is 2.34. The standard InChI is InChI=1S/C14H24N4OS/c1-2-3-8-16-13(19)11-12(15)17-14(20-11)18-9-6-4-5-7-10-18/h2-10,15H2,1H3,(H,16,19). The van der Waals surface area contributed by atoms with Crippen LogP contribution in [0.5, 0.6) is 0 Å². The number of thiazole rings is 1. The number of carbonyl (C=O) groups excluding carboxylic acids is 1. The number of hydrogen-bond donors (Lipinski definition) is 2. The molecule has 0 aromatic carbocycles. The van der Waals surface area contributed by atoms with E-state index in [9.17, 15) is 4.79 Å². The average Bonchev–Trinajstić information content (AvgIpc) is 2.66. The van der Waals surface area contributed by atoms with Crippen molar-refractivity contribution in [2.45, 2.75) is 45.4 Å². The van der Waals surface area contributed by atoms with Crippen molar-refractivity contribution in [1.82, 2.24) is 10.3 Å². The molecule has 0 radical (unpaired) electrons. The summed E-state index contributed by atoms with van der Waals surface area (Å²) in [6, 6.07) is 0. The van der Waals surface area contributed by atoms with E-state index < -0.39 is 0 Å². The Kier molecular flexibility index (Phi) is 5.64. The summed E-state index contributed by atoms with van der Waals surface area (Å²) in [6.45, 7) is 4.84. The molecule has 0 bridgehead atoms. The second-order valence-corrected chi connectivity index (χ2v) is 6.20. The number of nitrogens with one attached hydrogen (secondary N) is 1. The topological polar surface area (TPSA) is 71.2 Å². The molecule has 0 aliphatic carbocycles. The molecule has 1 saturated heterocycles. The van der Waals surface area contributed by atoms with Crippen molar-refractivity contribution < 1.29 is 4.79 Å². The minimum absolute atomic E-state index is 0.0884. The third-order valence-electron chi connectivity index (χ3n) is 3.54. The second-order valence-electron chi connectivity index (χ2n) is 5.22. The normalized spacial score (nSPS) is 15.9. The molecular formula is C14H24N4OS. The van der Waals surface area contributed by atoms with E-state index in [4.69, 9.17) is 5.73 Å². The van der Waals surface area contributed by atoms with Crippen LogP contribution < -0.4 is 16.0 Å². The van der Waals surface area contributed by atoms with Gasteiger partial charge in [0.1, 0.15) is 10.7 Å². The Labute approximate surface area is 124 Å². The largest absolute Gasteiger partial charge is 0.382 e. The summed E-state index contributed by atoms with van der Waals surface area (Å²) < 4.78 is 0. The van der Waals surface area contributed by atoms with E-state index in [1.54, 1.807) is 0 Å². The summed E-state index contributed by atoms with van der Waals surface area (Å²) in [4.78, 5) is 19.3. The Morgan fingerprint density at radius 3 is 2.70 bits per heavy atom. The summed E-state index contributed by atoms with van der Waals surface area (Å²) >= 11 is 1.42. The molecule has 0 spiro atoms. The van der Waals surface area contributed by atoms with Crippen LogP contribution in [-0.2, 0) is 0 Å². The van der Waals surface area contributed by atoms with Crippen molar-refractivity contribution in [2.75, 3.05) is 30.3 Å². The van der Waals surface area contributed by atoms with E-state index in [2.05, 4.69) is 22.1 Å². The fraction of sp³-hybridized carbons (Fsp3) is 0.714. The molecule has 112 valence electrons. The third kappa shape index (κ3) is 3.85. The highest BCUT2D eigenvalue weighted by Crippen LogP contribution is 2.29. The molecule has 0 unspecified atom stereocenters. The lowest BCUT2D eigenvalue weighted by Gasteiger charge is -2.18. The first-order chi connectivity index (χ1) is 9.72. The van der Waals surface area contributed by atoms with Gasteiger partial charge < -0.3 is 16.0 Å². The molecule has 1 aliphatic heterocycles. The van der Waals surface area contributed by atoms with Crippen molar-refractivity contribution in [1.29, 1.82) is 0 Å². The van der Waals surface area contributed by atoms with Crippen molar-refractivity contribution in [3.8, 4) is 0 Å². The number of nitrogens with zero attached hydrogens (tertiary/aromatic N) is 2. The van der Waals surface area contributed by atoms with Gasteiger partial charge in [0.05, 0.1) is 0 Å². The van der Waals surface area contributed by atoms with Crippen LogP contribution >= 0.6 is 11.3 Å². The summed E-state index contributed by atoms with van der Waals surface area (Å²) in [7, 11) is 0. The van der Waals surface area contributed by atoms with Crippen LogP contribution in [0.4, 0.5) is 10.9 Å². The lowest BCUT2D eigenvalue weighted by molar-refractivity contribution is 0.0958. The number of nitrogen functional groups attached to an aromatic ring is 1. The minimum atomic E-state index is -0.0884. The molecule has 6 heteroatoms. The van der Waals surface area contributed by atoms with Crippen LogP contribution in [0, 0.1) is 0 Å². The Morgan fingerprint density at radius 2 is 2.05 bits per heavy atom. The zero-order chi connectivity index (χ0) is 14.4. The Morgan fingerprint density at radius 1 is 1.35 bits per heavy atom. The quantitative estimate of drug-likeness (QED) is 0.819. The summed E-state index contributed by atoms with van der Waals surface area (Å²) in [5.74, 6) is 0.276. The first-order valence-corrected chi connectivity index (χ1v) is 8.33. The van der Waals surface area contributed by atoms with Crippen molar-refractivity contribution in [3.63, 3.8) is 0 Å². The molecule has 0 saturated carbocycles. The molecule has 1 aliphatic rings. The van der Waals surface area contributed by atoms with Gasteiger partial charge in [-0.05, 0) is 19.3 Å². The van der Waals surface area contributed by atoms with E-state index in [-0.39, 0.29) is 5.91 Å². The Balaban J connectivity index is 2.02. The number of unbranched alkanes of at least 4 members (excludes halogenated alkanes) is 1. The molecule has 1 aromatic rings. The number of aromatic nitrogens is 1. The lowest BCUT2D eigenvalue weighted by Crippen LogP contribution is -2.24. The predicted molar refractivity (Wildman–Crippen MR) is 84.4 cm³/mol. The van der Waals surface area contributed by atoms with Gasteiger partial charge in [0.2, 0.25) is 0 Å². The monoisotopic (exact) mass is 296 g/mol. The van der Waals surface area contributed by atoms with Crippen molar-refractivity contribution >= 4 is 28.2 Å². The summed E-state index contributed by atoms with van der Waals surface area (Å²) in [6.07, 6.45) is 7.00. The number of rotatable bonds is 5. The molecule has 1 aromatic heterocycles. The molecule has 3 N–H and O–H groups in total. The third-order valence-corrected chi connectivity index (χ3v) is 4.67. The smallest absolute Gasteiger partial charge is 0.265 e. The van der Waals surface area contributed by atoms with Gasteiger partial charge in [0.15, 0.2) is 5.13 Å². The van der Waals surface area contributed by atoms with E-state index in [0.717, 1.165) is 31.1 Å². The molecule has 0 atom stereocenters. The van der Waals surface area contributed by atoms with Crippen molar-refractivity contribution in [3.05, 3.63) is 4.88 Å². The molecule has 1 fully saturated rings. The van der Waals surface area contributed by atoms with Crippen LogP contribution in [0.15, 0.2) is 0 Å². The molecule has 1 amide bonds. The highest BCUT2D eigenvalue weighted by Gasteiger charge is 2.20. The van der Waals surface area contributed by atoms with Crippen molar-refractivity contribution in [2.24, 2.45) is 0 Å². The van der Waals surface area contributed by atoms with E-state index >= 15 is 0 Å². The van der Waals surface area contributed by atoms with E-state index in [1.807, 2.05) is 0 Å². The van der Waals surface area contributed by atoms with Gasteiger partial charge in [0.25, 0.3) is 5.91 Å². The number of nitrogens with two attached hydrogens (primary N) is 1. The lowest BCUT2D eigenvalue weighted by atomic mass is 10.2. The number of anilines is 2.